The number of benzene rings is 1. The smallest absolute Gasteiger partial charge is 0.307 e. The number of aliphatic imine (C=N–C) groups is 1. The van der Waals surface area contributed by atoms with Crippen LogP contribution in [0.25, 0.3) is 6.08 Å². The highest BCUT2D eigenvalue weighted by Gasteiger charge is 2.50. The van der Waals surface area contributed by atoms with Crippen LogP contribution < -0.4 is 0 Å². The van der Waals surface area contributed by atoms with E-state index >= 15 is 0 Å². The Morgan fingerprint density at radius 2 is 1.30 bits per heavy atom. The summed E-state index contributed by atoms with van der Waals surface area (Å²) in [6.07, 6.45) is 4.89. The highest BCUT2D eigenvalue weighted by atomic mass is 31.2. The van der Waals surface area contributed by atoms with Gasteiger partial charge in [0.2, 0.25) is 0 Å². The summed E-state index contributed by atoms with van der Waals surface area (Å²) >= 11 is 0. The van der Waals surface area contributed by atoms with Crippen LogP contribution in [0, 0.1) is 0 Å². The fraction of sp³-hybridized carbons (Fsp3) is 0.500. The average molecular weight is 417 g/mol. The lowest BCUT2D eigenvalue weighted by Crippen LogP contribution is -2.16. The van der Waals surface area contributed by atoms with Gasteiger partial charge in [-0.25, -0.2) is 0 Å². The molecule has 0 unspecified atom stereocenters. The lowest BCUT2D eigenvalue weighted by Gasteiger charge is -2.28. The van der Waals surface area contributed by atoms with E-state index in [2.05, 4.69) is 4.99 Å². The Morgan fingerprint density at radius 1 is 0.852 bits per heavy atom. The fourth-order valence-electron chi connectivity index (χ4n) is 2.24. The summed E-state index contributed by atoms with van der Waals surface area (Å²) in [7, 11) is -7.73. The Kier molecular flexibility index (Phi) is 11.0. The van der Waals surface area contributed by atoms with Crippen LogP contribution in [-0.2, 0) is 27.2 Å². The van der Waals surface area contributed by atoms with Gasteiger partial charge in [0.15, 0.2) is 0 Å². The maximum absolute atomic E-state index is 13.3. The first kappa shape index (κ1) is 24.0. The standard InChI is InChI=1S/C18H29NO6P2/c1-5-22-26(20,23-6-2)18(27(21,24-7-3)25-8-4)19-16-12-15-17-13-10-9-11-14-17/h9-16,18H,5-8H2,1-4H3/b15-12+,19-16+. The van der Waals surface area contributed by atoms with Crippen LogP contribution in [0.15, 0.2) is 41.4 Å². The lowest BCUT2D eigenvalue weighted by atomic mass is 10.2. The highest BCUT2D eigenvalue weighted by Crippen LogP contribution is 2.70. The summed E-state index contributed by atoms with van der Waals surface area (Å²) in [5.74, 6) is 0. The maximum Gasteiger partial charge on any atom is 0.367 e. The molecule has 7 nitrogen and oxygen atoms in total. The molecule has 152 valence electrons. The van der Waals surface area contributed by atoms with Crippen LogP contribution in [0.2, 0.25) is 0 Å². The molecule has 9 heteroatoms. The van der Waals surface area contributed by atoms with Crippen LogP contribution in [-0.4, -0.2) is 38.2 Å². The fourth-order valence-corrected chi connectivity index (χ4v) is 7.03. The second-order valence-electron chi connectivity index (χ2n) is 5.17. The van der Waals surface area contributed by atoms with Gasteiger partial charge >= 0.3 is 15.2 Å². The molecule has 0 amide bonds. The summed E-state index contributed by atoms with van der Waals surface area (Å²) in [5, 5.41) is 0. The van der Waals surface area contributed by atoms with Gasteiger partial charge in [-0.15, -0.1) is 0 Å². The molecular formula is C18H29NO6P2. The summed E-state index contributed by atoms with van der Waals surface area (Å²) in [6.45, 7) is 7.15. The predicted octanol–water partition coefficient (Wildman–Crippen LogP) is 5.59. The summed E-state index contributed by atoms with van der Waals surface area (Å²) in [5.41, 5.74) is -0.429. The molecule has 27 heavy (non-hydrogen) atoms. The third-order valence-electron chi connectivity index (χ3n) is 3.20. The van der Waals surface area contributed by atoms with Gasteiger partial charge in [-0.05, 0) is 39.3 Å². The molecule has 1 aromatic rings. The lowest BCUT2D eigenvalue weighted by molar-refractivity contribution is 0.196. The van der Waals surface area contributed by atoms with Crippen molar-refractivity contribution in [1.29, 1.82) is 0 Å². The summed E-state index contributed by atoms with van der Waals surface area (Å²) < 4.78 is 47.9. The van der Waals surface area contributed by atoms with Gasteiger partial charge in [0.05, 0.1) is 26.4 Å². The van der Waals surface area contributed by atoms with Crippen molar-refractivity contribution in [2.45, 2.75) is 33.2 Å². The summed E-state index contributed by atoms with van der Waals surface area (Å²) in [4.78, 5) is 4.22. The maximum atomic E-state index is 13.3. The van der Waals surface area contributed by atoms with Crippen molar-refractivity contribution in [3.8, 4) is 0 Å². The Bertz CT molecular complexity index is 642. The van der Waals surface area contributed by atoms with Gasteiger partial charge < -0.3 is 18.1 Å². The highest BCUT2D eigenvalue weighted by molar-refractivity contribution is 7.72. The van der Waals surface area contributed by atoms with Crippen LogP contribution in [0.5, 0.6) is 0 Å². The first-order valence-corrected chi connectivity index (χ1v) is 12.2. The van der Waals surface area contributed by atoms with Crippen molar-refractivity contribution in [3.05, 3.63) is 42.0 Å². The van der Waals surface area contributed by atoms with Crippen LogP contribution in [0.4, 0.5) is 0 Å². The zero-order chi connectivity index (χ0) is 20.2. The molecule has 0 saturated carbocycles. The summed E-state index contributed by atoms with van der Waals surface area (Å²) in [6, 6.07) is 9.60. The van der Waals surface area contributed by atoms with Gasteiger partial charge in [0, 0.05) is 6.21 Å². The molecule has 0 spiro atoms. The molecular weight excluding hydrogens is 388 g/mol. The van der Waals surface area contributed by atoms with Gasteiger partial charge in [-0.2, -0.15) is 0 Å². The topological polar surface area (TPSA) is 83.4 Å². The van der Waals surface area contributed by atoms with E-state index < -0.39 is 20.7 Å². The molecule has 0 radical (unpaired) electrons. The minimum atomic E-state index is -3.87. The SMILES string of the molecule is CCOP(=O)(OCC)C(/N=C/C=C/c1ccccc1)P(=O)(OCC)OCC. The Labute approximate surface area is 161 Å². The molecule has 0 saturated heterocycles. The molecule has 0 fully saturated rings. The molecule has 0 aliphatic heterocycles. The van der Waals surface area contributed by atoms with E-state index in [9.17, 15) is 9.13 Å². The quantitative estimate of drug-likeness (QED) is 0.307. The first-order valence-electron chi connectivity index (χ1n) is 8.98. The van der Waals surface area contributed by atoms with Crippen LogP contribution >= 0.6 is 15.2 Å². The van der Waals surface area contributed by atoms with E-state index in [0.29, 0.717) is 0 Å². The van der Waals surface area contributed by atoms with Gasteiger partial charge in [-0.1, -0.05) is 36.4 Å². The van der Waals surface area contributed by atoms with E-state index in [1.54, 1.807) is 33.8 Å². The van der Waals surface area contributed by atoms with Gasteiger partial charge in [-0.3, -0.25) is 14.1 Å². The van der Waals surface area contributed by atoms with Crippen molar-refractivity contribution < 1.29 is 27.2 Å². The van der Waals surface area contributed by atoms with Gasteiger partial charge in [0.25, 0.3) is 5.52 Å². The van der Waals surface area contributed by atoms with E-state index in [1.807, 2.05) is 36.4 Å². The molecule has 0 atom stereocenters. The minimum absolute atomic E-state index is 0.113. The van der Waals surface area contributed by atoms with Crippen molar-refractivity contribution in [2.75, 3.05) is 26.4 Å². The number of hydrogen-bond acceptors (Lipinski definition) is 7. The van der Waals surface area contributed by atoms with E-state index in [4.69, 9.17) is 18.1 Å². The zero-order valence-electron chi connectivity index (χ0n) is 16.3. The van der Waals surface area contributed by atoms with E-state index in [0.717, 1.165) is 5.56 Å². The minimum Gasteiger partial charge on any atom is -0.307 e. The van der Waals surface area contributed by atoms with Crippen molar-refractivity contribution in [3.63, 3.8) is 0 Å². The van der Waals surface area contributed by atoms with Crippen molar-refractivity contribution in [2.24, 2.45) is 4.99 Å². The molecule has 0 bridgehead atoms. The molecule has 0 aliphatic carbocycles. The molecule has 1 rings (SSSR count). The van der Waals surface area contributed by atoms with Crippen LogP contribution in [0.1, 0.15) is 33.3 Å². The number of nitrogens with zero attached hydrogens (tertiary/aromatic N) is 1. The Morgan fingerprint density at radius 3 is 1.70 bits per heavy atom. The largest absolute Gasteiger partial charge is 0.367 e. The van der Waals surface area contributed by atoms with Crippen LogP contribution in [0.3, 0.4) is 0 Å². The molecule has 1 aromatic carbocycles. The molecule has 0 N–H and O–H groups in total. The number of allylic oxidation sites excluding steroid dienone is 1. The Balaban J connectivity index is 3.22. The number of rotatable bonds is 13. The van der Waals surface area contributed by atoms with Crippen molar-refractivity contribution >= 4 is 27.5 Å². The van der Waals surface area contributed by atoms with Crippen molar-refractivity contribution in [1.82, 2.24) is 0 Å². The second kappa shape index (κ2) is 12.4. The van der Waals surface area contributed by atoms with E-state index in [1.165, 1.54) is 6.21 Å². The first-order chi connectivity index (χ1) is 13.0. The van der Waals surface area contributed by atoms with Gasteiger partial charge in [0.1, 0.15) is 0 Å². The normalized spacial score (nSPS) is 13.2. The predicted molar refractivity (Wildman–Crippen MR) is 109 cm³/mol. The average Bonchev–Trinajstić information content (AvgIpc) is 2.63. The number of hydrogen-bond donors (Lipinski definition) is 0. The zero-order valence-corrected chi connectivity index (χ0v) is 18.1. The molecule has 0 heterocycles. The third kappa shape index (κ3) is 7.46. The Hall–Kier alpha value is -1.07. The molecule has 0 aromatic heterocycles. The monoisotopic (exact) mass is 417 g/mol. The van der Waals surface area contributed by atoms with E-state index in [-0.39, 0.29) is 26.4 Å². The molecule has 0 aliphatic rings. The second-order valence-corrected chi connectivity index (χ2v) is 9.74. The third-order valence-corrected chi connectivity index (χ3v) is 8.76.